The number of hydrogen-bond donors (Lipinski definition) is 2. The largest absolute Gasteiger partial charge is 0.479 e. The lowest BCUT2D eigenvalue weighted by molar-refractivity contribution is -0.177. The summed E-state index contributed by atoms with van der Waals surface area (Å²) in [6.45, 7) is 7.68. The van der Waals surface area contributed by atoms with E-state index in [0.717, 1.165) is 0 Å². The quantitative estimate of drug-likeness (QED) is 0.388. The Morgan fingerprint density at radius 3 is 1.35 bits per heavy atom. The Balaban J connectivity index is 0.000000581. The number of carbonyl (C=O) groups excluding carboxylic acids is 5. The first-order valence-corrected chi connectivity index (χ1v) is 9.10. The highest BCUT2D eigenvalue weighted by atomic mass is 16.7. The molecule has 0 unspecified atom stereocenters. The molecule has 0 aromatic rings. The average Bonchev–Trinajstić information content (AvgIpc) is 2.69. The third kappa shape index (κ3) is 9.89. The van der Waals surface area contributed by atoms with E-state index in [1.807, 2.05) is 0 Å². The second-order valence-electron chi connectivity index (χ2n) is 6.41. The van der Waals surface area contributed by atoms with E-state index in [4.69, 9.17) is 24.4 Å². The van der Waals surface area contributed by atoms with Crippen LogP contribution >= 0.6 is 0 Å². The summed E-state index contributed by atoms with van der Waals surface area (Å²) in [5.74, 6) is -5.55. The SMILES string of the molecule is C[C@@H]1OC(=O)[C@H](C)OC(=O)[C@H](C)OC1=O.C[C@H](O)C(=O)O[C@@H](C)C(=O)O[C@@H](C)C(=O)O. The average molecular weight is 450 g/mol. The number of aliphatic carboxylic acids is 1. The molecule has 13 heteroatoms. The van der Waals surface area contributed by atoms with Crippen molar-refractivity contribution in [1.82, 2.24) is 0 Å². The second-order valence-corrected chi connectivity index (χ2v) is 6.41. The molecule has 0 aromatic heterocycles. The van der Waals surface area contributed by atoms with Gasteiger partial charge in [-0.25, -0.2) is 28.8 Å². The Morgan fingerprint density at radius 2 is 1.06 bits per heavy atom. The molecule has 1 saturated heterocycles. The molecular formula is C18H26O13. The number of hydrogen-bond acceptors (Lipinski definition) is 12. The molecule has 0 radical (unpaired) electrons. The molecule has 0 aromatic carbocycles. The molecule has 13 nitrogen and oxygen atoms in total. The summed E-state index contributed by atoms with van der Waals surface area (Å²) in [7, 11) is 0. The van der Waals surface area contributed by atoms with Gasteiger partial charge in [-0.1, -0.05) is 0 Å². The number of rotatable bonds is 5. The summed E-state index contributed by atoms with van der Waals surface area (Å²) in [5.41, 5.74) is 0. The Hall–Kier alpha value is -3.22. The Morgan fingerprint density at radius 1 is 0.742 bits per heavy atom. The van der Waals surface area contributed by atoms with Crippen LogP contribution in [0.15, 0.2) is 0 Å². The van der Waals surface area contributed by atoms with E-state index in [1.165, 1.54) is 41.5 Å². The van der Waals surface area contributed by atoms with Gasteiger partial charge in [-0.2, -0.15) is 0 Å². The maximum Gasteiger partial charge on any atom is 0.347 e. The van der Waals surface area contributed by atoms with Crippen molar-refractivity contribution in [3.05, 3.63) is 0 Å². The molecule has 0 bridgehead atoms. The van der Waals surface area contributed by atoms with Crippen LogP contribution in [0.25, 0.3) is 0 Å². The first-order chi connectivity index (χ1) is 14.2. The van der Waals surface area contributed by atoms with E-state index < -0.39 is 72.4 Å². The van der Waals surface area contributed by atoms with Crippen LogP contribution in [0.1, 0.15) is 41.5 Å². The molecule has 1 heterocycles. The molecule has 0 amide bonds. The van der Waals surface area contributed by atoms with Crippen LogP contribution in [0.2, 0.25) is 0 Å². The summed E-state index contributed by atoms with van der Waals surface area (Å²) in [6, 6.07) is 0. The zero-order valence-corrected chi connectivity index (χ0v) is 17.8. The minimum atomic E-state index is -1.35. The van der Waals surface area contributed by atoms with Gasteiger partial charge in [-0.3, -0.25) is 0 Å². The molecular weight excluding hydrogens is 424 g/mol. The first-order valence-electron chi connectivity index (χ1n) is 9.10. The lowest BCUT2D eigenvalue weighted by Crippen LogP contribution is -2.34. The van der Waals surface area contributed by atoms with Gasteiger partial charge in [-0.15, -0.1) is 0 Å². The molecule has 1 fully saturated rings. The Kier molecular flexibility index (Phi) is 11.2. The molecule has 176 valence electrons. The fourth-order valence-corrected chi connectivity index (χ4v) is 1.60. The summed E-state index contributed by atoms with van der Waals surface area (Å²) < 4.78 is 23.1. The van der Waals surface area contributed by atoms with Crippen molar-refractivity contribution in [3.8, 4) is 0 Å². The predicted molar refractivity (Wildman–Crippen MR) is 97.1 cm³/mol. The Bertz CT molecular complexity index is 651. The van der Waals surface area contributed by atoms with Crippen molar-refractivity contribution in [2.75, 3.05) is 0 Å². The molecule has 0 aliphatic carbocycles. The van der Waals surface area contributed by atoms with E-state index in [2.05, 4.69) is 9.47 Å². The van der Waals surface area contributed by atoms with Gasteiger partial charge in [0.05, 0.1) is 0 Å². The van der Waals surface area contributed by atoms with Gasteiger partial charge in [0.1, 0.15) is 6.10 Å². The molecule has 31 heavy (non-hydrogen) atoms. The first kappa shape index (κ1) is 27.8. The summed E-state index contributed by atoms with van der Waals surface area (Å²) in [6.07, 6.45) is -7.03. The second kappa shape index (κ2) is 12.5. The molecule has 1 aliphatic rings. The fourth-order valence-electron chi connectivity index (χ4n) is 1.60. The third-order valence-electron chi connectivity index (χ3n) is 3.48. The molecule has 1 rings (SSSR count). The van der Waals surface area contributed by atoms with Crippen molar-refractivity contribution in [2.45, 2.75) is 78.2 Å². The maximum absolute atomic E-state index is 11.2. The monoisotopic (exact) mass is 450 g/mol. The number of carbonyl (C=O) groups is 6. The standard InChI is InChI=1S/C9H14O7.C9H12O6/c1-4(10)8(13)16-6(3)9(14)15-5(2)7(11)12;1-4-7(10)14-6(3)9(12)15-5(2)8(11)13-4/h4-6,10H,1-3H3,(H,11,12);4-6H,1-3H3/t2*4-,5-,6-/m00/s1. The minimum absolute atomic E-state index is 0.762. The molecule has 1 aliphatic heterocycles. The predicted octanol–water partition coefficient (Wildman–Crippen LogP) is -0.890. The smallest absolute Gasteiger partial charge is 0.347 e. The molecule has 0 spiro atoms. The normalized spacial score (nSPS) is 24.1. The number of aliphatic hydroxyl groups excluding tert-OH is 1. The van der Waals surface area contributed by atoms with Crippen molar-refractivity contribution in [2.24, 2.45) is 0 Å². The lowest BCUT2D eigenvalue weighted by atomic mass is 10.3. The van der Waals surface area contributed by atoms with Gasteiger partial charge in [0.25, 0.3) is 0 Å². The van der Waals surface area contributed by atoms with Crippen molar-refractivity contribution < 1.29 is 62.7 Å². The van der Waals surface area contributed by atoms with Crippen LogP contribution in [-0.4, -0.2) is 82.7 Å². The molecule has 6 atom stereocenters. The highest BCUT2D eigenvalue weighted by Crippen LogP contribution is 2.09. The number of carboxylic acid groups (broad SMARTS) is 1. The van der Waals surface area contributed by atoms with E-state index in [9.17, 15) is 28.8 Å². The zero-order chi connectivity index (χ0) is 24.5. The number of esters is 5. The van der Waals surface area contributed by atoms with Gasteiger partial charge in [-0.05, 0) is 41.5 Å². The van der Waals surface area contributed by atoms with Gasteiger partial charge in [0.2, 0.25) is 0 Å². The van der Waals surface area contributed by atoms with Crippen molar-refractivity contribution >= 4 is 35.8 Å². The molecule has 0 saturated carbocycles. The topological polar surface area (TPSA) is 189 Å². The fraction of sp³-hybridized carbons (Fsp3) is 0.667. The van der Waals surface area contributed by atoms with Crippen LogP contribution in [0.5, 0.6) is 0 Å². The zero-order valence-electron chi connectivity index (χ0n) is 17.8. The number of cyclic esters (lactones) is 3. The highest BCUT2D eigenvalue weighted by Gasteiger charge is 2.32. The van der Waals surface area contributed by atoms with Crippen LogP contribution in [0.4, 0.5) is 0 Å². The van der Waals surface area contributed by atoms with Crippen LogP contribution in [-0.2, 0) is 52.5 Å². The van der Waals surface area contributed by atoms with Gasteiger partial charge in [0, 0.05) is 0 Å². The molecule has 2 N–H and O–H groups in total. The van der Waals surface area contributed by atoms with E-state index >= 15 is 0 Å². The summed E-state index contributed by atoms with van der Waals surface area (Å²) in [4.78, 5) is 66.1. The number of carboxylic acids is 1. The van der Waals surface area contributed by atoms with Crippen LogP contribution in [0, 0.1) is 0 Å². The number of aliphatic hydroxyl groups is 1. The van der Waals surface area contributed by atoms with Gasteiger partial charge >= 0.3 is 35.8 Å². The van der Waals surface area contributed by atoms with E-state index in [-0.39, 0.29) is 0 Å². The van der Waals surface area contributed by atoms with Gasteiger partial charge in [0.15, 0.2) is 30.5 Å². The van der Waals surface area contributed by atoms with E-state index in [0.29, 0.717) is 0 Å². The lowest BCUT2D eigenvalue weighted by Gasteiger charge is -2.15. The van der Waals surface area contributed by atoms with Crippen molar-refractivity contribution in [3.63, 3.8) is 0 Å². The maximum atomic E-state index is 11.2. The third-order valence-corrected chi connectivity index (χ3v) is 3.48. The van der Waals surface area contributed by atoms with Crippen molar-refractivity contribution in [1.29, 1.82) is 0 Å². The van der Waals surface area contributed by atoms with Crippen LogP contribution < -0.4 is 0 Å². The number of ether oxygens (including phenoxy) is 5. The summed E-state index contributed by atoms with van der Waals surface area (Å²) >= 11 is 0. The minimum Gasteiger partial charge on any atom is -0.479 e. The Labute approximate surface area is 177 Å². The highest BCUT2D eigenvalue weighted by molar-refractivity contribution is 5.87. The van der Waals surface area contributed by atoms with E-state index in [1.54, 1.807) is 0 Å². The summed E-state index contributed by atoms with van der Waals surface area (Å²) in [5, 5.41) is 17.3. The van der Waals surface area contributed by atoms with Gasteiger partial charge < -0.3 is 33.9 Å². The van der Waals surface area contributed by atoms with Crippen LogP contribution in [0.3, 0.4) is 0 Å².